The highest BCUT2D eigenvalue weighted by atomic mass is 19.4. The van der Waals surface area contributed by atoms with Crippen molar-refractivity contribution in [3.8, 4) is 0 Å². The maximum atomic E-state index is 12.2. The second-order valence-electron chi connectivity index (χ2n) is 5.09. The fourth-order valence-corrected chi connectivity index (χ4v) is 2.26. The Morgan fingerprint density at radius 2 is 1.73 bits per heavy atom. The van der Waals surface area contributed by atoms with E-state index in [-0.39, 0.29) is 5.92 Å². The summed E-state index contributed by atoms with van der Waals surface area (Å²) in [6, 6.07) is 0. The zero-order valence-electron chi connectivity index (χ0n) is 9.27. The molecular formula is C9H19BF3NO. The summed E-state index contributed by atoms with van der Waals surface area (Å²) in [6.45, 7) is -0.163. The van der Waals surface area contributed by atoms with Gasteiger partial charge in [-0.1, -0.05) is 0 Å². The highest BCUT2D eigenvalue weighted by Gasteiger charge is 2.36. The van der Waals surface area contributed by atoms with Gasteiger partial charge in [0.05, 0.1) is 25.1 Å². The van der Waals surface area contributed by atoms with Crippen molar-refractivity contribution in [2.75, 3.05) is 19.5 Å². The Balaban J connectivity index is 2.37. The van der Waals surface area contributed by atoms with Crippen LogP contribution in [0, 0.1) is 5.92 Å². The number of aliphatic hydroxyl groups is 1. The predicted octanol–water partition coefficient (Wildman–Crippen LogP) is 0.439. The average molecular weight is 225 g/mol. The molecule has 2 nitrogen and oxygen atoms in total. The monoisotopic (exact) mass is 225 g/mol. The number of nitrogens with one attached hydrogen (secondary N) is 1. The summed E-state index contributed by atoms with van der Waals surface area (Å²) in [5, 5.41) is 9.73. The molecule has 0 aromatic heterocycles. The van der Waals surface area contributed by atoms with Crippen LogP contribution in [0.4, 0.5) is 12.9 Å². The van der Waals surface area contributed by atoms with Crippen LogP contribution in [0.5, 0.6) is 0 Å². The lowest BCUT2D eigenvalue weighted by atomic mass is 9.81. The van der Waals surface area contributed by atoms with Crippen molar-refractivity contribution >= 4 is 6.98 Å². The van der Waals surface area contributed by atoms with E-state index in [0.717, 1.165) is 0 Å². The minimum absolute atomic E-state index is 0.141. The highest BCUT2D eigenvalue weighted by molar-refractivity contribution is 6.58. The summed E-state index contributed by atoms with van der Waals surface area (Å²) in [6.07, 6.45) is 0.689. The van der Waals surface area contributed by atoms with Gasteiger partial charge in [0, 0.05) is 12.8 Å². The summed E-state index contributed by atoms with van der Waals surface area (Å²) < 4.78 is 36.5. The number of hydrogen-bond donors (Lipinski definition) is 2. The molecule has 0 unspecified atom stereocenters. The van der Waals surface area contributed by atoms with E-state index in [1.54, 1.807) is 13.8 Å². The van der Waals surface area contributed by atoms with Crippen LogP contribution in [-0.4, -0.2) is 37.2 Å². The van der Waals surface area contributed by atoms with Gasteiger partial charge in [0.25, 0.3) is 0 Å². The topological polar surface area (TPSA) is 24.7 Å². The van der Waals surface area contributed by atoms with Crippen LogP contribution in [0.25, 0.3) is 0 Å². The van der Waals surface area contributed by atoms with Gasteiger partial charge < -0.3 is 23.0 Å². The molecule has 0 radical (unpaired) electrons. The molecule has 1 rings (SSSR count). The van der Waals surface area contributed by atoms with Gasteiger partial charge in [-0.2, -0.15) is 0 Å². The molecule has 2 N–H and O–H groups in total. The average Bonchev–Trinajstić information content (AvgIpc) is 2.00. The Bertz CT molecular complexity index is 206. The van der Waals surface area contributed by atoms with Crippen LogP contribution in [-0.2, 0) is 0 Å². The largest absolute Gasteiger partial charge is 0.531 e. The molecule has 0 bridgehead atoms. The van der Waals surface area contributed by atoms with Gasteiger partial charge in [-0.15, -0.1) is 0 Å². The molecule has 1 aliphatic rings. The molecule has 6 heteroatoms. The lowest BCUT2D eigenvalue weighted by Gasteiger charge is -2.37. The van der Waals surface area contributed by atoms with Gasteiger partial charge in [0.15, 0.2) is 0 Å². The Morgan fingerprint density at radius 3 is 2.07 bits per heavy atom. The van der Waals surface area contributed by atoms with Crippen molar-refractivity contribution in [3.05, 3.63) is 0 Å². The first kappa shape index (κ1) is 12.8. The summed E-state index contributed by atoms with van der Waals surface area (Å²) in [4.78, 5) is 0.614. The van der Waals surface area contributed by atoms with Crippen LogP contribution < -0.4 is 4.90 Å². The molecule has 0 saturated carbocycles. The number of quaternary nitrogens is 1. The first-order valence-corrected chi connectivity index (χ1v) is 5.45. The van der Waals surface area contributed by atoms with Crippen LogP contribution >= 0.6 is 0 Å². The third-order valence-electron chi connectivity index (χ3n) is 3.21. The van der Waals surface area contributed by atoms with Gasteiger partial charge in [-0.3, -0.25) is 0 Å². The second-order valence-corrected chi connectivity index (χ2v) is 5.09. The maximum absolute atomic E-state index is 12.2. The molecule has 0 aromatic carbocycles. The predicted molar refractivity (Wildman–Crippen MR) is 53.7 cm³/mol. The van der Waals surface area contributed by atoms with Crippen molar-refractivity contribution in [2.24, 2.45) is 5.92 Å². The van der Waals surface area contributed by atoms with Crippen molar-refractivity contribution < 1.29 is 23.0 Å². The first-order chi connectivity index (χ1) is 6.68. The highest BCUT2D eigenvalue weighted by Crippen LogP contribution is 2.23. The minimum Gasteiger partial charge on any atom is -0.445 e. The SMILES string of the molecule is CC(C)(O)C1CC[NH+](C[B-](F)(F)F)CC1. The summed E-state index contributed by atoms with van der Waals surface area (Å²) >= 11 is 0. The molecule has 1 aliphatic heterocycles. The smallest absolute Gasteiger partial charge is 0.445 e. The fraction of sp³-hybridized carbons (Fsp3) is 1.00. The van der Waals surface area contributed by atoms with E-state index in [1.165, 1.54) is 0 Å². The zero-order valence-corrected chi connectivity index (χ0v) is 9.27. The molecule has 0 aliphatic carbocycles. The fourth-order valence-electron chi connectivity index (χ4n) is 2.26. The van der Waals surface area contributed by atoms with E-state index in [0.29, 0.717) is 30.8 Å². The summed E-state index contributed by atoms with van der Waals surface area (Å²) in [5.74, 6) is 0.141. The molecule has 0 amide bonds. The van der Waals surface area contributed by atoms with Gasteiger partial charge in [-0.25, -0.2) is 0 Å². The van der Waals surface area contributed by atoms with Crippen LogP contribution in [0.3, 0.4) is 0 Å². The standard InChI is InChI=1S/C9H18BF3NO/c1-9(2,15)8-3-5-14(6-4-8)7-10(11,12)13/h8,15H,3-7H2,1-2H3/q-1/p+1. The maximum Gasteiger partial charge on any atom is 0.531 e. The van der Waals surface area contributed by atoms with Crippen LogP contribution in [0.15, 0.2) is 0 Å². The number of halogens is 3. The van der Waals surface area contributed by atoms with Gasteiger partial charge >= 0.3 is 6.98 Å². The number of hydrogen-bond acceptors (Lipinski definition) is 1. The van der Waals surface area contributed by atoms with Crippen LogP contribution in [0.1, 0.15) is 26.7 Å². The van der Waals surface area contributed by atoms with Crippen molar-refractivity contribution in [1.29, 1.82) is 0 Å². The normalized spacial score (nSPS) is 29.2. The quantitative estimate of drug-likeness (QED) is 0.669. The molecule has 90 valence electrons. The first-order valence-electron chi connectivity index (χ1n) is 5.45. The number of likely N-dealkylation sites (tertiary alicyclic amines) is 1. The number of piperidine rings is 1. The number of rotatable bonds is 3. The molecule has 0 aromatic rings. The lowest BCUT2D eigenvalue weighted by Crippen LogP contribution is -3.15. The van der Waals surface area contributed by atoms with Gasteiger partial charge in [-0.05, 0) is 19.8 Å². The molecule has 1 heterocycles. The molecule has 1 saturated heterocycles. The Hall–Kier alpha value is -0.225. The van der Waals surface area contributed by atoms with E-state index in [1.807, 2.05) is 0 Å². The second kappa shape index (κ2) is 4.33. The van der Waals surface area contributed by atoms with E-state index in [2.05, 4.69) is 0 Å². The minimum atomic E-state index is -4.68. The van der Waals surface area contributed by atoms with Crippen molar-refractivity contribution in [3.63, 3.8) is 0 Å². The van der Waals surface area contributed by atoms with Crippen molar-refractivity contribution in [2.45, 2.75) is 32.3 Å². The van der Waals surface area contributed by atoms with E-state index in [9.17, 15) is 18.1 Å². The van der Waals surface area contributed by atoms with E-state index < -0.39 is 19.0 Å². The third kappa shape index (κ3) is 4.43. The Labute approximate surface area is 88.5 Å². The van der Waals surface area contributed by atoms with E-state index >= 15 is 0 Å². The zero-order chi connectivity index (χ0) is 11.7. The Kier molecular flexibility index (Phi) is 3.71. The Morgan fingerprint density at radius 1 is 1.27 bits per heavy atom. The third-order valence-corrected chi connectivity index (χ3v) is 3.21. The molecule has 15 heavy (non-hydrogen) atoms. The van der Waals surface area contributed by atoms with Gasteiger partial charge in [0.2, 0.25) is 0 Å². The molecule has 0 spiro atoms. The summed E-state index contributed by atoms with van der Waals surface area (Å²) in [5.41, 5.74) is -0.755. The van der Waals surface area contributed by atoms with E-state index in [4.69, 9.17) is 0 Å². The molecule has 1 fully saturated rings. The van der Waals surface area contributed by atoms with Gasteiger partial charge in [0.1, 0.15) is 0 Å². The molecular weight excluding hydrogens is 206 g/mol. The molecule has 0 atom stereocenters. The van der Waals surface area contributed by atoms with Crippen LogP contribution in [0.2, 0.25) is 0 Å². The summed E-state index contributed by atoms with van der Waals surface area (Å²) in [7, 11) is 0. The van der Waals surface area contributed by atoms with Crippen molar-refractivity contribution in [1.82, 2.24) is 0 Å². The lowest BCUT2D eigenvalue weighted by molar-refractivity contribution is -0.898.